The second-order valence-corrected chi connectivity index (χ2v) is 9.25. The van der Waals surface area contributed by atoms with Gasteiger partial charge in [0.1, 0.15) is 0 Å². The normalized spacial score (nSPS) is 12.2. The Kier molecular flexibility index (Phi) is 6.60. The zero-order valence-electron chi connectivity index (χ0n) is 15.9. The average Bonchev–Trinajstić information content (AvgIpc) is 3.24. The van der Waals surface area contributed by atoms with Gasteiger partial charge < -0.3 is 15.1 Å². The van der Waals surface area contributed by atoms with Crippen molar-refractivity contribution in [3.8, 4) is 0 Å². The molecular weight excluding hydrogens is 426 g/mol. The van der Waals surface area contributed by atoms with E-state index < -0.39 is 15.3 Å². The number of thioether (sulfide) groups is 1. The molecule has 0 aliphatic heterocycles. The highest BCUT2D eigenvalue weighted by molar-refractivity contribution is 8.00. The first-order valence-electron chi connectivity index (χ1n) is 8.78. The van der Waals surface area contributed by atoms with Crippen molar-refractivity contribution < 1.29 is 22.4 Å². The van der Waals surface area contributed by atoms with Gasteiger partial charge in [-0.25, -0.2) is 13.6 Å². The fourth-order valence-electron chi connectivity index (χ4n) is 2.45. The van der Waals surface area contributed by atoms with Crippen LogP contribution in [0.5, 0.6) is 0 Å². The average molecular weight is 446 g/mol. The summed E-state index contributed by atoms with van der Waals surface area (Å²) < 4.78 is 27.6. The third-order valence-electron chi connectivity index (χ3n) is 3.99. The molecule has 1 unspecified atom stereocenters. The van der Waals surface area contributed by atoms with Gasteiger partial charge in [0.15, 0.2) is 5.76 Å². The molecule has 3 aromatic rings. The number of hydrogen-bond donors (Lipinski definition) is 3. The van der Waals surface area contributed by atoms with Crippen molar-refractivity contribution in [3.63, 3.8) is 0 Å². The molecule has 0 radical (unpaired) electrons. The highest BCUT2D eigenvalue weighted by atomic mass is 32.2. The van der Waals surface area contributed by atoms with Gasteiger partial charge in [-0.1, -0.05) is 0 Å². The molecule has 30 heavy (non-hydrogen) atoms. The highest BCUT2D eigenvalue weighted by Gasteiger charge is 2.16. The number of furan rings is 1. The van der Waals surface area contributed by atoms with Gasteiger partial charge in [-0.05, 0) is 67.6 Å². The molecule has 2 amide bonds. The molecule has 10 heteroatoms. The molecule has 0 bridgehead atoms. The Morgan fingerprint density at radius 2 is 1.57 bits per heavy atom. The lowest BCUT2D eigenvalue weighted by Crippen LogP contribution is -2.22. The maximum Gasteiger partial charge on any atom is 0.291 e. The first kappa shape index (κ1) is 21.6. The lowest BCUT2D eigenvalue weighted by atomic mass is 10.3. The quantitative estimate of drug-likeness (QED) is 0.478. The molecule has 1 heterocycles. The summed E-state index contributed by atoms with van der Waals surface area (Å²) in [6, 6.07) is 15.9. The van der Waals surface area contributed by atoms with Crippen LogP contribution in [0.25, 0.3) is 0 Å². The highest BCUT2D eigenvalue weighted by Crippen LogP contribution is 2.26. The van der Waals surface area contributed by atoms with E-state index in [0.29, 0.717) is 11.4 Å². The predicted molar refractivity (Wildman–Crippen MR) is 115 cm³/mol. The zero-order chi connectivity index (χ0) is 21.7. The van der Waals surface area contributed by atoms with E-state index >= 15 is 0 Å². The zero-order valence-corrected chi connectivity index (χ0v) is 17.5. The van der Waals surface area contributed by atoms with Gasteiger partial charge in [-0.2, -0.15) is 0 Å². The second-order valence-electron chi connectivity index (χ2n) is 6.27. The summed E-state index contributed by atoms with van der Waals surface area (Å²) in [5.41, 5.74) is 1.07. The number of rotatable bonds is 7. The molecule has 8 nitrogen and oxygen atoms in total. The summed E-state index contributed by atoms with van der Waals surface area (Å²) in [5.74, 6) is -0.365. The molecule has 0 aliphatic carbocycles. The third-order valence-corrected chi connectivity index (χ3v) is 6.03. The summed E-state index contributed by atoms with van der Waals surface area (Å²) >= 11 is 1.34. The molecular formula is C20H19N3O5S2. The molecule has 1 aromatic heterocycles. The van der Waals surface area contributed by atoms with Gasteiger partial charge >= 0.3 is 0 Å². The lowest BCUT2D eigenvalue weighted by molar-refractivity contribution is -0.115. The monoisotopic (exact) mass is 445 g/mol. The van der Waals surface area contributed by atoms with Crippen LogP contribution < -0.4 is 15.8 Å². The van der Waals surface area contributed by atoms with Crippen LogP contribution in [0.3, 0.4) is 0 Å². The van der Waals surface area contributed by atoms with Gasteiger partial charge in [0.05, 0.1) is 16.4 Å². The smallest absolute Gasteiger partial charge is 0.291 e. The number of nitrogens with one attached hydrogen (secondary N) is 2. The summed E-state index contributed by atoms with van der Waals surface area (Å²) in [7, 11) is -3.78. The predicted octanol–water partition coefficient (Wildman–Crippen LogP) is 3.30. The molecule has 0 saturated heterocycles. The van der Waals surface area contributed by atoms with Crippen LogP contribution >= 0.6 is 11.8 Å². The summed E-state index contributed by atoms with van der Waals surface area (Å²) in [6.07, 6.45) is 1.43. The van der Waals surface area contributed by atoms with E-state index in [9.17, 15) is 18.0 Å². The summed E-state index contributed by atoms with van der Waals surface area (Å²) in [5, 5.41) is 10.1. The van der Waals surface area contributed by atoms with Gasteiger partial charge in [0.2, 0.25) is 15.9 Å². The van der Waals surface area contributed by atoms with Crippen molar-refractivity contribution in [2.75, 3.05) is 10.6 Å². The molecule has 156 valence electrons. The minimum atomic E-state index is -3.78. The number of primary sulfonamides is 1. The third kappa shape index (κ3) is 5.72. The largest absolute Gasteiger partial charge is 0.459 e. The van der Waals surface area contributed by atoms with Gasteiger partial charge in [0.25, 0.3) is 5.91 Å². The number of anilines is 2. The van der Waals surface area contributed by atoms with Crippen LogP contribution in [0.2, 0.25) is 0 Å². The van der Waals surface area contributed by atoms with Crippen molar-refractivity contribution in [2.45, 2.75) is 22.0 Å². The van der Waals surface area contributed by atoms with Crippen LogP contribution in [-0.4, -0.2) is 25.5 Å². The van der Waals surface area contributed by atoms with E-state index in [1.165, 1.54) is 42.3 Å². The van der Waals surface area contributed by atoms with Crippen molar-refractivity contribution in [2.24, 2.45) is 5.14 Å². The van der Waals surface area contributed by atoms with Crippen molar-refractivity contribution in [1.29, 1.82) is 0 Å². The van der Waals surface area contributed by atoms with Crippen LogP contribution in [0.15, 0.2) is 81.1 Å². The van der Waals surface area contributed by atoms with E-state index in [1.807, 2.05) is 0 Å². The molecule has 0 saturated carbocycles. The Morgan fingerprint density at radius 3 is 2.13 bits per heavy atom. The molecule has 1 atom stereocenters. The Labute approximate surface area is 177 Å². The van der Waals surface area contributed by atoms with Crippen LogP contribution in [0.1, 0.15) is 17.5 Å². The molecule has 0 fully saturated rings. The minimum absolute atomic E-state index is 0.0258. The fraction of sp³-hybridized carbons (Fsp3) is 0.100. The first-order chi connectivity index (χ1) is 14.2. The fourth-order valence-corrected chi connectivity index (χ4v) is 3.83. The van der Waals surface area contributed by atoms with Gasteiger partial charge in [-0.3, -0.25) is 9.59 Å². The van der Waals surface area contributed by atoms with E-state index in [-0.39, 0.29) is 22.5 Å². The van der Waals surface area contributed by atoms with E-state index in [4.69, 9.17) is 9.56 Å². The van der Waals surface area contributed by atoms with Crippen molar-refractivity contribution >= 4 is 45.0 Å². The maximum absolute atomic E-state index is 12.4. The van der Waals surface area contributed by atoms with Crippen molar-refractivity contribution in [1.82, 2.24) is 0 Å². The SMILES string of the molecule is CC(Sc1ccc(NC(=O)c2ccco2)cc1)C(=O)Nc1ccc(S(N)(=O)=O)cc1. The van der Waals surface area contributed by atoms with Crippen molar-refractivity contribution in [3.05, 3.63) is 72.7 Å². The minimum Gasteiger partial charge on any atom is -0.459 e. The van der Waals surface area contributed by atoms with E-state index in [0.717, 1.165) is 4.90 Å². The van der Waals surface area contributed by atoms with Crippen LogP contribution in [0, 0.1) is 0 Å². The Balaban J connectivity index is 1.55. The Hall–Kier alpha value is -3.08. The molecule has 4 N–H and O–H groups in total. The molecule has 0 aliphatic rings. The number of nitrogens with two attached hydrogens (primary N) is 1. The van der Waals surface area contributed by atoms with E-state index in [1.54, 1.807) is 43.3 Å². The van der Waals surface area contributed by atoms with Gasteiger partial charge in [-0.15, -0.1) is 11.8 Å². The standard InChI is InChI=1S/C20H19N3O5S2/c1-13(19(24)22-15-6-10-17(11-7-15)30(21,26)27)29-16-8-4-14(5-9-16)23-20(25)18-3-2-12-28-18/h2-13H,1H3,(H,22,24)(H,23,25)(H2,21,26,27). The molecule has 0 spiro atoms. The van der Waals surface area contributed by atoms with Crippen LogP contribution in [0.4, 0.5) is 11.4 Å². The molecule has 3 rings (SSSR count). The number of amides is 2. The molecule has 2 aromatic carbocycles. The second kappa shape index (κ2) is 9.16. The van der Waals surface area contributed by atoms with Crippen LogP contribution in [-0.2, 0) is 14.8 Å². The summed E-state index contributed by atoms with van der Waals surface area (Å²) in [6.45, 7) is 1.76. The number of carbonyl (C=O) groups excluding carboxylic acids is 2. The topological polar surface area (TPSA) is 132 Å². The number of benzene rings is 2. The number of carbonyl (C=O) groups is 2. The van der Waals surface area contributed by atoms with E-state index in [2.05, 4.69) is 10.6 Å². The number of sulfonamides is 1. The maximum atomic E-state index is 12.4. The lowest BCUT2D eigenvalue weighted by Gasteiger charge is -2.13. The van der Waals surface area contributed by atoms with Gasteiger partial charge in [0, 0.05) is 16.3 Å². The Morgan fingerprint density at radius 1 is 0.967 bits per heavy atom. The summed E-state index contributed by atoms with van der Waals surface area (Å²) in [4.78, 5) is 25.2. The Bertz CT molecular complexity index is 1130. The first-order valence-corrected chi connectivity index (χ1v) is 11.2. The number of hydrogen-bond acceptors (Lipinski definition) is 6.